The number of anilines is 1. The zero-order chi connectivity index (χ0) is 13.0. The smallest absolute Gasteiger partial charge is 0.233 e. The van der Waals surface area contributed by atoms with Gasteiger partial charge in [-0.25, -0.2) is 4.98 Å². The first-order chi connectivity index (χ1) is 8.68. The van der Waals surface area contributed by atoms with Crippen molar-refractivity contribution in [1.82, 2.24) is 4.98 Å². The third-order valence-corrected chi connectivity index (χ3v) is 3.92. The number of aryl methyl sites for hydroxylation is 1. The number of nitrogens with one attached hydrogen (secondary N) is 1. The van der Waals surface area contributed by atoms with Gasteiger partial charge < -0.3 is 11.1 Å². The summed E-state index contributed by atoms with van der Waals surface area (Å²) in [6.07, 6.45) is 6.86. The van der Waals surface area contributed by atoms with Crippen LogP contribution in [0.25, 0.3) is 0 Å². The quantitative estimate of drug-likeness (QED) is 0.860. The van der Waals surface area contributed by atoms with Gasteiger partial charge >= 0.3 is 0 Å². The Labute approximate surface area is 108 Å². The van der Waals surface area contributed by atoms with Gasteiger partial charge in [-0.15, -0.1) is 0 Å². The van der Waals surface area contributed by atoms with Crippen molar-refractivity contribution in [1.29, 1.82) is 0 Å². The van der Waals surface area contributed by atoms with Gasteiger partial charge in [0, 0.05) is 12.7 Å². The maximum absolute atomic E-state index is 12.4. The molecule has 0 saturated heterocycles. The fourth-order valence-electron chi connectivity index (χ4n) is 2.61. The molecule has 4 heteroatoms. The number of nitrogens with zero attached hydrogens (tertiary/aromatic N) is 1. The molecule has 1 heterocycles. The molecule has 0 bridgehead atoms. The number of carbonyl (C=O) groups is 1. The van der Waals surface area contributed by atoms with Gasteiger partial charge in [0.1, 0.15) is 5.82 Å². The maximum atomic E-state index is 12.4. The average molecular weight is 247 g/mol. The number of nitrogens with two attached hydrogens (primary N) is 1. The minimum absolute atomic E-state index is 0.0338. The van der Waals surface area contributed by atoms with E-state index >= 15 is 0 Å². The Morgan fingerprint density at radius 3 is 2.78 bits per heavy atom. The summed E-state index contributed by atoms with van der Waals surface area (Å²) in [6, 6.07) is 3.81. The van der Waals surface area contributed by atoms with Crippen molar-refractivity contribution in [3.63, 3.8) is 0 Å². The lowest BCUT2D eigenvalue weighted by atomic mass is 9.73. The highest BCUT2D eigenvalue weighted by Crippen LogP contribution is 2.36. The van der Waals surface area contributed by atoms with Gasteiger partial charge in [-0.2, -0.15) is 0 Å². The Bertz CT molecular complexity index is 425. The molecule has 1 aliphatic rings. The van der Waals surface area contributed by atoms with Crippen LogP contribution in [0.2, 0.25) is 0 Å². The van der Waals surface area contributed by atoms with Crippen LogP contribution in [0.3, 0.4) is 0 Å². The molecule has 0 unspecified atom stereocenters. The minimum atomic E-state index is -0.387. The lowest BCUT2D eigenvalue weighted by Crippen LogP contribution is -2.44. The van der Waals surface area contributed by atoms with Crippen LogP contribution >= 0.6 is 0 Å². The molecule has 0 aromatic carbocycles. The van der Waals surface area contributed by atoms with E-state index in [1.807, 2.05) is 19.1 Å². The average Bonchev–Trinajstić information content (AvgIpc) is 2.42. The zero-order valence-electron chi connectivity index (χ0n) is 10.9. The van der Waals surface area contributed by atoms with E-state index in [0.29, 0.717) is 12.4 Å². The SMILES string of the molecule is Cc1cccnc1NC(=O)C1(CN)CCCCC1. The number of hydrogen-bond donors (Lipinski definition) is 2. The van der Waals surface area contributed by atoms with E-state index in [-0.39, 0.29) is 11.3 Å². The molecular formula is C14H21N3O. The summed E-state index contributed by atoms with van der Waals surface area (Å²) in [5, 5.41) is 2.94. The topological polar surface area (TPSA) is 68.0 Å². The molecule has 98 valence electrons. The first-order valence-corrected chi connectivity index (χ1v) is 6.61. The van der Waals surface area contributed by atoms with E-state index in [1.165, 1.54) is 6.42 Å². The third kappa shape index (κ3) is 2.53. The highest BCUT2D eigenvalue weighted by molar-refractivity contribution is 5.95. The standard InChI is InChI=1S/C14H21N3O/c1-11-6-5-9-16-12(11)17-13(18)14(10-15)7-3-2-4-8-14/h5-6,9H,2-4,7-8,10,15H2,1H3,(H,16,17,18). The lowest BCUT2D eigenvalue weighted by Gasteiger charge is -2.34. The van der Waals surface area contributed by atoms with Gasteiger partial charge in [0.05, 0.1) is 5.41 Å². The Morgan fingerprint density at radius 2 is 2.17 bits per heavy atom. The van der Waals surface area contributed by atoms with Crippen LogP contribution in [-0.2, 0) is 4.79 Å². The fraction of sp³-hybridized carbons (Fsp3) is 0.571. The Hall–Kier alpha value is -1.42. The third-order valence-electron chi connectivity index (χ3n) is 3.92. The van der Waals surface area contributed by atoms with E-state index in [9.17, 15) is 4.79 Å². The van der Waals surface area contributed by atoms with Crippen LogP contribution in [0, 0.1) is 12.3 Å². The predicted molar refractivity (Wildman–Crippen MR) is 72.2 cm³/mol. The van der Waals surface area contributed by atoms with E-state index in [2.05, 4.69) is 10.3 Å². The van der Waals surface area contributed by atoms with Crippen molar-refractivity contribution in [2.24, 2.45) is 11.1 Å². The summed E-state index contributed by atoms with van der Waals surface area (Å²) in [5.74, 6) is 0.687. The Balaban J connectivity index is 2.13. The van der Waals surface area contributed by atoms with Gasteiger partial charge in [0.25, 0.3) is 0 Å². The van der Waals surface area contributed by atoms with Crippen molar-refractivity contribution in [3.8, 4) is 0 Å². The summed E-state index contributed by atoms with van der Waals surface area (Å²) < 4.78 is 0. The maximum Gasteiger partial charge on any atom is 0.233 e. The predicted octanol–water partition coefficient (Wildman–Crippen LogP) is 2.24. The molecular weight excluding hydrogens is 226 g/mol. The van der Waals surface area contributed by atoms with E-state index in [4.69, 9.17) is 5.73 Å². The van der Waals surface area contributed by atoms with Crippen molar-refractivity contribution < 1.29 is 4.79 Å². The second kappa shape index (κ2) is 5.48. The van der Waals surface area contributed by atoms with E-state index < -0.39 is 0 Å². The molecule has 0 spiro atoms. The molecule has 0 radical (unpaired) electrons. The zero-order valence-corrected chi connectivity index (χ0v) is 10.9. The highest BCUT2D eigenvalue weighted by atomic mass is 16.2. The van der Waals surface area contributed by atoms with Crippen molar-refractivity contribution in [3.05, 3.63) is 23.9 Å². The fourth-order valence-corrected chi connectivity index (χ4v) is 2.61. The van der Waals surface area contributed by atoms with Crippen LogP contribution in [0.5, 0.6) is 0 Å². The van der Waals surface area contributed by atoms with Crippen LogP contribution in [-0.4, -0.2) is 17.4 Å². The number of aromatic nitrogens is 1. The largest absolute Gasteiger partial charge is 0.329 e. The molecule has 0 atom stereocenters. The summed E-state index contributed by atoms with van der Waals surface area (Å²) in [5.41, 5.74) is 6.44. The molecule has 1 fully saturated rings. The van der Waals surface area contributed by atoms with Gasteiger partial charge in [0.2, 0.25) is 5.91 Å². The number of rotatable bonds is 3. The summed E-state index contributed by atoms with van der Waals surface area (Å²) in [7, 11) is 0. The summed E-state index contributed by atoms with van der Waals surface area (Å²) >= 11 is 0. The number of pyridine rings is 1. The van der Waals surface area contributed by atoms with Crippen LogP contribution in [0.15, 0.2) is 18.3 Å². The molecule has 4 nitrogen and oxygen atoms in total. The first-order valence-electron chi connectivity index (χ1n) is 6.61. The molecule has 1 amide bonds. The molecule has 1 aromatic rings. The van der Waals surface area contributed by atoms with Crippen LogP contribution in [0.4, 0.5) is 5.82 Å². The molecule has 18 heavy (non-hydrogen) atoms. The highest BCUT2D eigenvalue weighted by Gasteiger charge is 2.38. The Morgan fingerprint density at radius 1 is 1.44 bits per heavy atom. The molecule has 0 aliphatic heterocycles. The monoisotopic (exact) mass is 247 g/mol. The van der Waals surface area contributed by atoms with Crippen LogP contribution in [0.1, 0.15) is 37.7 Å². The molecule has 2 rings (SSSR count). The van der Waals surface area contributed by atoms with Gasteiger partial charge in [-0.3, -0.25) is 4.79 Å². The molecule has 1 saturated carbocycles. The van der Waals surface area contributed by atoms with Crippen molar-refractivity contribution in [2.45, 2.75) is 39.0 Å². The second-order valence-electron chi connectivity index (χ2n) is 5.17. The Kier molecular flexibility index (Phi) is 3.97. The summed E-state index contributed by atoms with van der Waals surface area (Å²) in [6.45, 7) is 2.36. The first kappa shape index (κ1) is 13.0. The molecule has 1 aliphatic carbocycles. The summed E-state index contributed by atoms with van der Waals surface area (Å²) in [4.78, 5) is 16.6. The number of hydrogen-bond acceptors (Lipinski definition) is 3. The lowest BCUT2D eigenvalue weighted by molar-refractivity contribution is -0.126. The van der Waals surface area contributed by atoms with Gasteiger partial charge in [-0.1, -0.05) is 25.3 Å². The van der Waals surface area contributed by atoms with Crippen molar-refractivity contribution >= 4 is 11.7 Å². The van der Waals surface area contributed by atoms with Gasteiger partial charge in [-0.05, 0) is 31.4 Å². The van der Waals surface area contributed by atoms with E-state index in [1.54, 1.807) is 6.20 Å². The van der Waals surface area contributed by atoms with E-state index in [0.717, 1.165) is 31.2 Å². The second-order valence-corrected chi connectivity index (χ2v) is 5.17. The molecule has 1 aromatic heterocycles. The number of carbonyl (C=O) groups excluding carboxylic acids is 1. The van der Waals surface area contributed by atoms with Gasteiger partial charge in [0.15, 0.2) is 0 Å². The molecule has 3 N–H and O–H groups in total. The normalized spacial score (nSPS) is 18.3. The minimum Gasteiger partial charge on any atom is -0.329 e. The van der Waals surface area contributed by atoms with Crippen molar-refractivity contribution in [2.75, 3.05) is 11.9 Å². The number of amides is 1. The van der Waals surface area contributed by atoms with Crippen LogP contribution < -0.4 is 11.1 Å².